The van der Waals surface area contributed by atoms with E-state index in [1.165, 1.54) is 4.90 Å². The van der Waals surface area contributed by atoms with Crippen LogP contribution in [0.3, 0.4) is 0 Å². The number of likely N-dealkylation sites (N-methyl/N-ethyl adjacent to an activating group) is 1. The summed E-state index contributed by atoms with van der Waals surface area (Å²) in [5, 5.41) is 0. The van der Waals surface area contributed by atoms with E-state index in [0.29, 0.717) is 31.0 Å². The van der Waals surface area contributed by atoms with Gasteiger partial charge in [-0.25, -0.2) is 0 Å². The van der Waals surface area contributed by atoms with Crippen molar-refractivity contribution in [3.63, 3.8) is 0 Å². The van der Waals surface area contributed by atoms with E-state index in [-0.39, 0.29) is 18.4 Å². The van der Waals surface area contributed by atoms with Crippen LogP contribution in [0.4, 0.5) is 0 Å². The highest BCUT2D eigenvalue weighted by atomic mass is 16.5. The number of rotatable bonds is 8. The third-order valence-electron chi connectivity index (χ3n) is 4.64. The monoisotopic (exact) mass is 364 g/mol. The van der Waals surface area contributed by atoms with E-state index in [1.54, 1.807) is 7.11 Å². The van der Waals surface area contributed by atoms with Gasteiger partial charge in [0.15, 0.2) is 0 Å². The van der Waals surface area contributed by atoms with Crippen LogP contribution in [-0.4, -0.2) is 48.4 Å². The van der Waals surface area contributed by atoms with E-state index in [0.717, 1.165) is 11.1 Å². The van der Waals surface area contributed by atoms with Gasteiger partial charge in [0, 0.05) is 20.2 Å². The molecule has 0 bridgehead atoms. The van der Waals surface area contributed by atoms with Gasteiger partial charge in [0.05, 0.1) is 18.7 Å². The van der Waals surface area contributed by atoms with Crippen LogP contribution in [0.25, 0.3) is 5.57 Å². The number of benzene rings is 2. The van der Waals surface area contributed by atoms with Crippen molar-refractivity contribution >= 4 is 17.4 Å². The Kier molecular flexibility index (Phi) is 6.04. The minimum atomic E-state index is -0.259. The van der Waals surface area contributed by atoms with Gasteiger partial charge in [-0.3, -0.25) is 14.5 Å². The lowest BCUT2D eigenvalue weighted by Gasteiger charge is -2.25. The van der Waals surface area contributed by atoms with E-state index in [9.17, 15) is 9.59 Å². The summed E-state index contributed by atoms with van der Waals surface area (Å²) in [5.74, 6) is -0.515. The Bertz CT molecular complexity index is 831. The number of methoxy groups -OCH3 is 1. The van der Waals surface area contributed by atoms with Gasteiger partial charge in [-0.05, 0) is 18.1 Å². The predicted octanol–water partition coefficient (Wildman–Crippen LogP) is 2.94. The average Bonchev–Trinajstić information content (AvgIpc) is 2.96. The van der Waals surface area contributed by atoms with Crippen LogP contribution in [0, 0.1) is 0 Å². The Morgan fingerprint density at radius 1 is 0.926 bits per heavy atom. The quantitative estimate of drug-likeness (QED) is 0.676. The number of nitrogens with zero attached hydrogens (tertiary/aromatic N) is 2. The molecule has 2 aromatic rings. The van der Waals surface area contributed by atoms with Crippen LogP contribution in [0.15, 0.2) is 66.4 Å². The van der Waals surface area contributed by atoms with Crippen LogP contribution in [0.2, 0.25) is 0 Å². The van der Waals surface area contributed by atoms with Gasteiger partial charge in [-0.2, -0.15) is 0 Å². The molecule has 2 aromatic carbocycles. The van der Waals surface area contributed by atoms with E-state index in [4.69, 9.17) is 4.74 Å². The van der Waals surface area contributed by atoms with Crippen molar-refractivity contribution in [3.05, 3.63) is 77.5 Å². The maximum atomic E-state index is 13.1. The zero-order valence-electron chi connectivity index (χ0n) is 15.7. The third-order valence-corrected chi connectivity index (χ3v) is 4.64. The summed E-state index contributed by atoms with van der Waals surface area (Å²) in [6.45, 7) is 3.75. The summed E-state index contributed by atoms with van der Waals surface area (Å²) >= 11 is 0. The lowest BCUT2D eigenvalue weighted by Crippen LogP contribution is -2.37. The summed E-state index contributed by atoms with van der Waals surface area (Å²) in [4.78, 5) is 29.5. The minimum absolute atomic E-state index is 0.247. The molecule has 1 heterocycles. The fourth-order valence-corrected chi connectivity index (χ4v) is 3.26. The first-order valence-corrected chi connectivity index (χ1v) is 9.11. The zero-order valence-corrected chi connectivity index (χ0v) is 15.7. The van der Waals surface area contributed by atoms with Crippen molar-refractivity contribution in [2.75, 3.05) is 26.8 Å². The van der Waals surface area contributed by atoms with Crippen LogP contribution in [0.1, 0.15) is 18.1 Å². The summed E-state index contributed by atoms with van der Waals surface area (Å²) in [7, 11) is 1.56. The molecule has 2 amide bonds. The van der Waals surface area contributed by atoms with Crippen LogP contribution in [0.5, 0.6) is 0 Å². The first kappa shape index (κ1) is 18.9. The largest absolute Gasteiger partial charge is 0.383 e. The summed E-state index contributed by atoms with van der Waals surface area (Å²) in [6.07, 6.45) is 0. The molecule has 140 valence electrons. The molecule has 0 radical (unpaired) electrons. The molecule has 0 unspecified atom stereocenters. The Hall–Kier alpha value is -2.92. The fraction of sp³-hybridized carbons (Fsp3) is 0.273. The molecule has 0 aromatic heterocycles. The molecule has 0 fully saturated rings. The van der Waals surface area contributed by atoms with Crippen molar-refractivity contribution in [1.82, 2.24) is 9.80 Å². The molecular weight excluding hydrogens is 340 g/mol. The molecule has 27 heavy (non-hydrogen) atoms. The molecule has 0 saturated heterocycles. The predicted molar refractivity (Wildman–Crippen MR) is 104 cm³/mol. The smallest absolute Gasteiger partial charge is 0.277 e. The summed E-state index contributed by atoms with van der Waals surface area (Å²) < 4.78 is 5.08. The number of ether oxygens (including phenoxy) is 1. The average molecular weight is 364 g/mol. The second-order valence-electron chi connectivity index (χ2n) is 6.34. The Balaban J connectivity index is 2.03. The lowest BCUT2D eigenvalue weighted by atomic mass is 10.0. The van der Waals surface area contributed by atoms with Crippen LogP contribution < -0.4 is 0 Å². The molecule has 0 N–H and O–H groups in total. The normalized spacial score (nSPS) is 14.2. The van der Waals surface area contributed by atoms with E-state index < -0.39 is 0 Å². The van der Waals surface area contributed by atoms with E-state index in [2.05, 4.69) is 0 Å². The first-order valence-electron chi connectivity index (χ1n) is 9.11. The Labute approximate surface area is 159 Å². The first-order chi connectivity index (χ1) is 13.2. The number of imide groups is 1. The highest BCUT2D eigenvalue weighted by Gasteiger charge is 2.40. The molecule has 5 heteroatoms. The molecule has 0 saturated carbocycles. The van der Waals surface area contributed by atoms with Crippen molar-refractivity contribution in [1.29, 1.82) is 0 Å². The van der Waals surface area contributed by atoms with E-state index in [1.807, 2.05) is 72.5 Å². The van der Waals surface area contributed by atoms with Crippen molar-refractivity contribution in [2.45, 2.75) is 13.5 Å². The number of carbonyl (C=O) groups is 2. The molecular formula is C22H24N2O3. The van der Waals surface area contributed by atoms with Crippen molar-refractivity contribution in [2.24, 2.45) is 0 Å². The molecule has 0 atom stereocenters. The number of hydrogen-bond acceptors (Lipinski definition) is 4. The lowest BCUT2D eigenvalue weighted by molar-refractivity contribution is -0.138. The Morgan fingerprint density at radius 3 is 2.15 bits per heavy atom. The van der Waals surface area contributed by atoms with Crippen molar-refractivity contribution < 1.29 is 14.3 Å². The fourth-order valence-electron chi connectivity index (χ4n) is 3.26. The van der Waals surface area contributed by atoms with E-state index >= 15 is 0 Å². The maximum absolute atomic E-state index is 13.1. The minimum Gasteiger partial charge on any atom is -0.383 e. The molecule has 3 rings (SSSR count). The van der Waals surface area contributed by atoms with Crippen LogP contribution in [-0.2, 0) is 20.9 Å². The Morgan fingerprint density at radius 2 is 1.56 bits per heavy atom. The molecule has 0 aliphatic carbocycles. The van der Waals surface area contributed by atoms with Gasteiger partial charge in [0.2, 0.25) is 0 Å². The van der Waals surface area contributed by atoms with Crippen molar-refractivity contribution in [3.8, 4) is 0 Å². The van der Waals surface area contributed by atoms with Gasteiger partial charge >= 0.3 is 0 Å². The SMILES string of the molecule is CCN(Cc1ccccc1)C1=C(c2ccccc2)C(=O)N(CCOC)C1=O. The summed E-state index contributed by atoms with van der Waals surface area (Å²) in [6, 6.07) is 19.4. The number of carbonyl (C=O) groups excluding carboxylic acids is 2. The highest BCUT2D eigenvalue weighted by molar-refractivity contribution is 6.35. The standard InChI is InChI=1S/C22H24N2O3/c1-3-23(16-17-10-6-4-7-11-17)20-19(18-12-8-5-9-13-18)21(25)24(22(20)26)14-15-27-2/h4-13H,3,14-16H2,1-2H3. The molecule has 0 spiro atoms. The second kappa shape index (κ2) is 8.64. The topological polar surface area (TPSA) is 49.9 Å². The van der Waals surface area contributed by atoms with Gasteiger partial charge in [0.1, 0.15) is 5.70 Å². The second-order valence-corrected chi connectivity index (χ2v) is 6.34. The number of amides is 2. The number of hydrogen-bond donors (Lipinski definition) is 0. The highest BCUT2D eigenvalue weighted by Crippen LogP contribution is 2.32. The molecule has 1 aliphatic rings. The zero-order chi connectivity index (χ0) is 19.2. The van der Waals surface area contributed by atoms with Gasteiger partial charge in [-0.15, -0.1) is 0 Å². The third kappa shape index (κ3) is 3.93. The van der Waals surface area contributed by atoms with Gasteiger partial charge in [0.25, 0.3) is 11.8 Å². The summed E-state index contributed by atoms with van der Waals surface area (Å²) in [5.41, 5.74) is 2.79. The molecule has 1 aliphatic heterocycles. The van der Waals surface area contributed by atoms with Gasteiger partial charge < -0.3 is 9.64 Å². The maximum Gasteiger partial charge on any atom is 0.277 e. The molecule has 5 nitrogen and oxygen atoms in total. The van der Waals surface area contributed by atoms with Gasteiger partial charge in [-0.1, -0.05) is 60.7 Å². The van der Waals surface area contributed by atoms with Crippen LogP contribution >= 0.6 is 0 Å².